The normalized spacial score (nSPS) is 19.2. The van der Waals surface area contributed by atoms with Crippen LogP contribution in [0, 0.1) is 17.7 Å². The maximum absolute atomic E-state index is 13.0. The molecule has 24 heavy (non-hydrogen) atoms. The SMILES string of the molecule is CC(C)C(O)CNC(=O)C1CCCN(C(=O)c2ccc(F)cc2)C1. The molecule has 1 fully saturated rings. The molecule has 6 heteroatoms. The van der Waals surface area contributed by atoms with E-state index in [9.17, 15) is 19.1 Å². The van der Waals surface area contributed by atoms with E-state index >= 15 is 0 Å². The number of hydrogen-bond donors (Lipinski definition) is 2. The van der Waals surface area contributed by atoms with E-state index in [0.717, 1.165) is 12.8 Å². The van der Waals surface area contributed by atoms with Crippen molar-refractivity contribution in [2.45, 2.75) is 32.8 Å². The predicted molar refractivity (Wildman–Crippen MR) is 88.9 cm³/mol. The van der Waals surface area contributed by atoms with E-state index in [-0.39, 0.29) is 36.0 Å². The van der Waals surface area contributed by atoms with Gasteiger partial charge < -0.3 is 15.3 Å². The van der Waals surface area contributed by atoms with Crippen LogP contribution in [0.2, 0.25) is 0 Å². The minimum atomic E-state index is -0.575. The molecule has 132 valence electrons. The molecule has 1 aromatic carbocycles. The Kier molecular flexibility index (Phi) is 6.31. The summed E-state index contributed by atoms with van der Waals surface area (Å²) in [5.74, 6) is -0.900. The van der Waals surface area contributed by atoms with Crippen LogP contribution in [0.3, 0.4) is 0 Å². The third-order valence-corrected chi connectivity index (χ3v) is 4.43. The molecule has 1 heterocycles. The van der Waals surface area contributed by atoms with Gasteiger partial charge in [0.15, 0.2) is 0 Å². The second kappa shape index (κ2) is 8.24. The third kappa shape index (κ3) is 4.77. The maximum Gasteiger partial charge on any atom is 0.253 e. The molecule has 0 aromatic heterocycles. The van der Waals surface area contributed by atoms with Crippen molar-refractivity contribution in [3.8, 4) is 0 Å². The minimum Gasteiger partial charge on any atom is -0.391 e. The molecule has 1 aliphatic heterocycles. The molecular formula is C18H25FN2O3. The van der Waals surface area contributed by atoms with Gasteiger partial charge in [-0.1, -0.05) is 13.8 Å². The Morgan fingerprint density at radius 1 is 1.33 bits per heavy atom. The molecule has 2 amide bonds. The van der Waals surface area contributed by atoms with E-state index < -0.39 is 6.10 Å². The Morgan fingerprint density at radius 3 is 2.62 bits per heavy atom. The molecule has 0 saturated carbocycles. The monoisotopic (exact) mass is 336 g/mol. The lowest BCUT2D eigenvalue weighted by atomic mass is 9.96. The molecule has 1 aromatic rings. The van der Waals surface area contributed by atoms with Gasteiger partial charge in [0.1, 0.15) is 5.82 Å². The number of carbonyl (C=O) groups excluding carboxylic acids is 2. The van der Waals surface area contributed by atoms with Crippen molar-refractivity contribution in [2.75, 3.05) is 19.6 Å². The standard InChI is InChI=1S/C18H25FN2O3/c1-12(2)16(22)10-20-17(23)14-4-3-9-21(11-14)18(24)13-5-7-15(19)8-6-13/h5-8,12,14,16,22H,3-4,9-11H2,1-2H3,(H,20,23). The molecule has 1 aliphatic rings. The predicted octanol–water partition coefficient (Wildman–Crippen LogP) is 1.81. The van der Waals surface area contributed by atoms with Crippen LogP contribution in [0.4, 0.5) is 4.39 Å². The van der Waals surface area contributed by atoms with Crippen LogP contribution >= 0.6 is 0 Å². The number of benzene rings is 1. The third-order valence-electron chi connectivity index (χ3n) is 4.43. The van der Waals surface area contributed by atoms with Gasteiger partial charge in [-0.25, -0.2) is 4.39 Å². The quantitative estimate of drug-likeness (QED) is 0.862. The van der Waals surface area contributed by atoms with Gasteiger partial charge in [0.2, 0.25) is 5.91 Å². The number of aliphatic hydroxyl groups excluding tert-OH is 1. The van der Waals surface area contributed by atoms with Crippen LogP contribution in [0.5, 0.6) is 0 Å². The highest BCUT2D eigenvalue weighted by Crippen LogP contribution is 2.19. The zero-order valence-corrected chi connectivity index (χ0v) is 14.2. The van der Waals surface area contributed by atoms with Crippen molar-refractivity contribution in [1.29, 1.82) is 0 Å². The Bertz CT molecular complexity index is 574. The van der Waals surface area contributed by atoms with Gasteiger partial charge in [-0.05, 0) is 43.0 Å². The summed E-state index contributed by atoms with van der Waals surface area (Å²) >= 11 is 0. The lowest BCUT2D eigenvalue weighted by molar-refractivity contribution is -0.126. The number of amides is 2. The number of halogens is 1. The first-order chi connectivity index (χ1) is 11.4. The van der Waals surface area contributed by atoms with Crippen molar-refractivity contribution in [1.82, 2.24) is 10.2 Å². The van der Waals surface area contributed by atoms with Crippen molar-refractivity contribution in [3.63, 3.8) is 0 Å². The van der Waals surface area contributed by atoms with Gasteiger partial charge >= 0.3 is 0 Å². The lowest BCUT2D eigenvalue weighted by Gasteiger charge is -2.32. The molecule has 0 aliphatic carbocycles. The second-order valence-corrected chi connectivity index (χ2v) is 6.65. The highest BCUT2D eigenvalue weighted by molar-refractivity contribution is 5.94. The van der Waals surface area contributed by atoms with E-state index in [4.69, 9.17) is 0 Å². The number of rotatable bonds is 5. The van der Waals surface area contributed by atoms with Gasteiger partial charge in [-0.15, -0.1) is 0 Å². The first-order valence-electron chi connectivity index (χ1n) is 8.39. The zero-order chi connectivity index (χ0) is 17.7. The highest BCUT2D eigenvalue weighted by atomic mass is 19.1. The fourth-order valence-electron chi connectivity index (χ4n) is 2.74. The lowest BCUT2D eigenvalue weighted by Crippen LogP contribution is -2.47. The number of likely N-dealkylation sites (tertiary alicyclic amines) is 1. The topological polar surface area (TPSA) is 69.6 Å². The van der Waals surface area contributed by atoms with Crippen molar-refractivity contribution in [2.24, 2.45) is 11.8 Å². The molecule has 2 N–H and O–H groups in total. The van der Waals surface area contributed by atoms with Gasteiger partial charge in [0.05, 0.1) is 12.0 Å². The summed E-state index contributed by atoms with van der Waals surface area (Å²) in [5.41, 5.74) is 0.424. The molecule has 0 bridgehead atoms. The molecule has 1 saturated heterocycles. The number of aliphatic hydroxyl groups is 1. The second-order valence-electron chi connectivity index (χ2n) is 6.65. The molecule has 5 nitrogen and oxygen atoms in total. The molecule has 0 spiro atoms. The summed E-state index contributed by atoms with van der Waals surface area (Å²) in [5, 5.41) is 12.5. The van der Waals surface area contributed by atoms with E-state index in [1.165, 1.54) is 24.3 Å². The average Bonchev–Trinajstić information content (AvgIpc) is 2.59. The van der Waals surface area contributed by atoms with Gasteiger partial charge in [0.25, 0.3) is 5.91 Å². The average molecular weight is 336 g/mol. The van der Waals surface area contributed by atoms with E-state index in [2.05, 4.69) is 5.32 Å². The molecule has 2 atom stereocenters. The summed E-state index contributed by atoms with van der Waals surface area (Å²) in [7, 11) is 0. The summed E-state index contributed by atoms with van der Waals surface area (Å²) in [6.45, 7) is 4.94. The van der Waals surface area contributed by atoms with Gasteiger partial charge in [-0.3, -0.25) is 9.59 Å². The molecule has 0 radical (unpaired) electrons. The van der Waals surface area contributed by atoms with Crippen LogP contribution in [-0.2, 0) is 4.79 Å². The molecule has 2 rings (SSSR count). The first-order valence-corrected chi connectivity index (χ1v) is 8.39. The Balaban J connectivity index is 1.92. The summed E-state index contributed by atoms with van der Waals surface area (Å²) in [4.78, 5) is 26.4. The first kappa shape index (κ1) is 18.4. The summed E-state index contributed by atoms with van der Waals surface area (Å²) in [6.07, 6.45) is 0.892. The minimum absolute atomic E-state index is 0.0770. The maximum atomic E-state index is 13.0. The zero-order valence-electron chi connectivity index (χ0n) is 14.2. The number of nitrogens with zero attached hydrogens (tertiary/aromatic N) is 1. The number of piperidine rings is 1. The van der Waals surface area contributed by atoms with Crippen LogP contribution in [0.15, 0.2) is 24.3 Å². The van der Waals surface area contributed by atoms with Crippen LogP contribution in [0.25, 0.3) is 0 Å². The summed E-state index contributed by atoms with van der Waals surface area (Å²) < 4.78 is 13.0. The van der Waals surface area contributed by atoms with Crippen molar-refractivity contribution in [3.05, 3.63) is 35.6 Å². The van der Waals surface area contributed by atoms with E-state index in [1.54, 1.807) is 4.90 Å². The Hall–Kier alpha value is -1.95. The number of carbonyl (C=O) groups is 2. The van der Waals surface area contributed by atoms with Crippen molar-refractivity contribution < 1.29 is 19.1 Å². The largest absolute Gasteiger partial charge is 0.391 e. The number of hydrogen-bond acceptors (Lipinski definition) is 3. The Labute approximate surface area is 141 Å². The van der Waals surface area contributed by atoms with Crippen LogP contribution in [-0.4, -0.2) is 47.6 Å². The van der Waals surface area contributed by atoms with Crippen molar-refractivity contribution >= 4 is 11.8 Å². The Morgan fingerprint density at radius 2 is 2.00 bits per heavy atom. The van der Waals surface area contributed by atoms with Gasteiger partial charge in [0, 0.05) is 25.2 Å². The van der Waals surface area contributed by atoms with E-state index in [0.29, 0.717) is 18.7 Å². The molecule has 2 unspecified atom stereocenters. The molecular weight excluding hydrogens is 311 g/mol. The number of nitrogens with one attached hydrogen (secondary N) is 1. The van der Waals surface area contributed by atoms with Crippen LogP contribution < -0.4 is 5.32 Å². The fraction of sp³-hybridized carbons (Fsp3) is 0.556. The van der Waals surface area contributed by atoms with Crippen LogP contribution in [0.1, 0.15) is 37.0 Å². The highest BCUT2D eigenvalue weighted by Gasteiger charge is 2.29. The smallest absolute Gasteiger partial charge is 0.253 e. The summed E-state index contributed by atoms with van der Waals surface area (Å²) in [6, 6.07) is 5.43. The van der Waals surface area contributed by atoms with E-state index in [1.807, 2.05) is 13.8 Å². The van der Waals surface area contributed by atoms with Gasteiger partial charge in [-0.2, -0.15) is 0 Å². The fourth-order valence-corrected chi connectivity index (χ4v) is 2.74.